The third-order valence-corrected chi connectivity index (χ3v) is 4.50. The van der Waals surface area contributed by atoms with E-state index in [2.05, 4.69) is 5.32 Å². The monoisotopic (exact) mass is 399 g/mol. The van der Waals surface area contributed by atoms with E-state index in [0.29, 0.717) is 49.7 Å². The van der Waals surface area contributed by atoms with Crippen LogP contribution in [-0.4, -0.2) is 56.1 Å². The van der Waals surface area contributed by atoms with Crippen molar-refractivity contribution in [3.63, 3.8) is 0 Å². The third kappa shape index (κ3) is 6.29. The fourth-order valence-corrected chi connectivity index (χ4v) is 3.17. The molecule has 1 heterocycles. The molecule has 0 radical (unpaired) electrons. The Morgan fingerprint density at radius 2 is 2.07 bits per heavy atom. The second-order valence-corrected chi connectivity index (χ2v) is 6.29. The first-order valence-corrected chi connectivity index (χ1v) is 9.19. The average molecular weight is 400 g/mol. The smallest absolute Gasteiger partial charge is 0.254 e. The predicted molar refractivity (Wildman–Crippen MR) is 107 cm³/mol. The van der Waals surface area contributed by atoms with Crippen molar-refractivity contribution in [3.05, 3.63) is 23.8 Å². The number of carbonyl (C=O) groups is 2. The van der Waals surface area contributed by atoms with Gasteiger partial charge in [0, 0.05) is 37.7 Å². The van der Waals surface area contributed by atoms with E-state index in [0.717, 1.165) is 19.3 Å². The SMILES string of the molecule is CCOc1ccc(C(=O)N2CCCCC2CNC(=O)CCN)cc1OC.Cl. The number of rotatable bonds is 8. The zero-order valence-electron chi connectivity index (χ0n) is 16.0. The minimum absolute atomic E-state index is 0. The number of ether oxygens (including phenoxy) is 2. The van der Waals surface area contributed by atoms with Crippen molar-refractivity contribution in [1.29, 1.82) is 0 Å². The van der Waals surface area contributed by atoms with Gasteiger partial charge in [-0.1, -0.05) is 0 Å². The minimum Gasteiger partial charge on any atom is -0.493 e. The summed E-state index contributed by atoms with van der Waals surface area (Å²) in [6.45, 7) is 3.89. The Bertz CT molecular complexity index is 627. The van der Waals surface area contributed by atoms with E-state index in [-0.39, 0.29) is 30.3 Å². The standard InChI is InChI=1S/C19H29N3O4.ClH/c1-3-26-16-8-7-14(12-17(16)25-2)19(24)22-11-5-4-6-15(22)13-21-18(23)9-10-20;/h7-8,12,15H,3-6,9-11,13,20H2,1-2H3,(H,21,23);1H. The van der Waals surface area contributed by atoms with Crippen LogP contribution in [0.25, 0.3) is 0 Å². The number of nitrogens with one attached hydrogen (secondary N) is 1. The second-order valence-electron chi connectivity index (χ2n) is 6.29. The summed E-state index contributed by atoms with van der Waals surface area (Å²) in [4.78, 5) is 26.6. The van der Waals surface area contributed by atoms with Gasteiger partial charge >= 0.3 is 0 Å². The van der Waals surface area contributed by atoms with Gasteiger partial charge in [0.25, 0.3) is 5.91 Å². The number of piperidine rings is 1. The van der Waals surface area contributed by atoms with E-state index in [1.54, 1.807) is 25.3 Å². The van der Waals surface area contributed by atoms with E-state index < -0.39 is 0 Å². The first kappa shape index (κ1) is 23.0. The highest BCUT2D eigenvalue weighted by Crippen LogP contribution is 2.29. The molecule has 1 saturated heterocycles. The van der Waals surface area contributed by atoms with Crippen LogP contribution in [0.1, 0.15) is 43.0 Å². The third-order valence-electron chi connectivity index (χ3n) is 4.50. The summed E-state index contributed by atoms with van der Waals surface area (Å²) in [6, 6.07) is 5.23. The lowest BCUT2D eigenvalue weighted by Crippen LogP contribution is -2.49. The lowest BCUT2D eigenvalue weighted by atomic mass is 10.0. The number of likely N-dealkylation sites (tertiary alicyclic amines) is 1. The van der Waals surface area contributed by atoms with Gasteiger partial charge in [0.2, 0.25) is 5.91 Å². The maximum atomic E-state index is 13.0. The van der Waals surface area contributed by atoms with E-state index in [4.69, 9.17) is 15.2 Å². The molecule has 3 N–H and O–H groups in total. The maximum Gasteiger partial charge on any atom is 0.254 e. The van der Waals surface area contributed by atoms with Crippen molar-refractivity contribution in [2.24, 2.45) is 5.73 Å². The largest absolute Gasteiger partial charge is 0.493 e. The molecule has 1 aliphatic heterocycles. The van der Waals surface area contributed by atoms with Crippen LogP contribution in [-0.2, 0) is 4.79 Å². The predicted octanol–water partition coefficient (Wildman–Crippen LogP) is 1.98. The fraction of sp³-hybridized carbons (Fsp3) is 0.579. The molecule has 1 unspecified atom stereocenters. The van der Waals surface area contributed by atoms with Crippen LogP contribution in [0.5, 0.6) is 11.5 Å². The van der Waals surface area contributed by atoms with Crippen LogP contribution in [0.15, 0.2) is 18.2 Å². The van der Waals surface area contributed by atoms with Gasteiger partial charge < -0.3 is 25.4 Å². The van der Waals surface area contributed by atoms with Gasteiger partial charge in [0.05, 0.1) is 13.7 Å². The molecule has 1 aromatic carbocycles. The van der Waals surface area contributed by atoms with Crippen molar-refractivity contribution < 1.29 is 19.1 Å². The Labute approximate surface area is 167 Å². The lowest BCUT2D eigenvalue weighted by Gasteiger charge is -2.36. The molecule has 27 heavy (non-hydrogen) atoms. The van der Waals surface area contributed by atoms with E-state index >= 15 is 0 Å². The molecule has 2 rings (SSSR count). The molecule has 0 aliphatic carbocycles. The summed E-state index contributed by atoms with van der Waals surface area (Å²) >= 11 is 0. The van der Waals surface area contributed by atoms with Crippen LogP contribution in [0.4, 0.5) is 0 Å². The van der Waals surface area contributed by atoms with Crippen molar-refractivity contribution >= 4 is 24.2 Å². The molecule has 0 saturated carbocycles. The number of benzene rings is 1. The van der Waals surface area contributed by atoms with Crippen molar-refractivity contribution in [1.82, 2.24) is 10.2 Å². The van der Waals surface area contributed by atoms with Crippen molar-refractivity contribution in [3.8, 4) is 11.5 Å². The highest BCUT2D eigenvalue weighted by atomic mass is 35.5. The molecule has 8 heteroatoms. The number of carbonyl (C=O) groups excluding carboxylic acids is 2. The molecule has 2 amide bonds. The molecular formula is C19H30ClN3O4. The van der Waals surface area contributed by atoms with Crippen molar-refractivity contribution in [2.45, 2.75) is 38.6 Å². The maximum absolute atomic E-state index is 13.0. The Kier molecular flexibility index (Phi) is 9.96. The molecule has 1 atom stereocenters. The highest BCUT2D eigenvalue weighted by molar-refractivity contribution is 5.95. The van der Waals surface area contributed by atoms with Gasteiger partial charge in [-0.05, 0) is 44.4 Å². The first-order valence-electron chi connectivity index (χ1n) is 9.19. The summed E-state index contributed by atoms with van der Waals surface area (Å²) < 4.78 is 10.9. The average Bonchev–Trinajstić information content (AvgIpc) is 2.67. The minimum atomic E-state index is -0.0757. The van der Waals surface area contributed by atoms with Gasteiger partial charge in [-0.2, -0.15) is 0 Å². The van der Waals surface area contributed by atoms with Crippen LogP contribution in [0.2, 0.25) is 0 Å². The summed E-state index contributed by atoms with van der Waals surface area (Å²) in [5.74, 6) is 1.04. The number of hydrogen-bond donors (Lipinski definition) is 2. The van der Waals surface area contributed by atoms with Crippen LogP contribution >= 0.6 is 12.4 Å². The van der Waals surface area contributed by atoms with E-state index in [9.17, 15) is 9.59 Å². The molecule has 7 nitrogen and oxygen atoms in total. The van der Waals surface area contributed by atoms with Gasteiger partial charge in [-0.3, -0.25) is 9.59 Å². The summed E-state index contributed by atoms with van der Waals surface area (Å²) in [6.07, 6.45) is 3.19. The summed E-state index contributed by atoms with van der Waals surface area (Å²) in [5, 5.41) is 2.88. The molecule has 1 aromatic rings. The first-order chi connectivity index (χ1) is 12.6. The van der Waals surface area contributed by atoms with Crippen molar-refractivity contribution in [2.75, 3.05) is 33.4 Å². The number of methoxy groups -OCH3 is 1. The normalized spacial score (nSPS) is 16.3. The fourth-order valence-electron chi connectivity index (χ4n) is 3.17. The van der Waals surface area contributed by atoms with Gasteiger partial charge in [0.1, 0.15) is 0 Å². The number of amides is 2. The van der Waals surface area contributed by atoms with Crippen LogP contribution in [0.3, 0.4) is 0 Å². The van der Waals surface area contributed by atoms with Crippen LogP contribution < -0.4 is 20.5 Å². The van der Waals surface area contributed by atoms with E-state index in [1.165, 1.54) is 0 Å². The number of nitrogens with two attached hydrogens (primary N) is 1. The number of halogens is 1. The Hall–Kier alpha value is -1.99. The van der Waals surface area contributed by atoms with Gasteiger partial charge in [-0.25, -0.2) is 0 Å². The molecule has 0 bridgehead atoms. The molecule has 152 valence electrons. The van der Waals surface area contributed by atoms with Gasteiger partial charge in [-0.15, -0.1) is 12.4 Å². The zero-order valence-corrected chi connectivity index (χ0v) is 16.8. The lowest BCUT2D eigenvalue weighted by molar-refractivity contribution is -0.121. The van der Waals surface area contributed by atoms with Crippen LogP contribution in [0, 0.1) is 0 Å². The molecule has 1 fully saturated rings. The Balaban J connectivity index is 0.00000364. The topological polar surface area (TPSA) is 93.9 Å². The molecule has 0 aromatic heterocycles. The highest BCUT2D eigenvalue weighted by Gasteiger charge is 2.28. The summed E-state index contributed by atoms with van der Waals surface area (Å²) in [5.41, 5.74) is 5.96. The summed E-state index contributed by atoms with van der Waals surface area (Å²) in [7, 11) is 1.56. The number of hydrogen-bond acceptors (Lipinski definition) is 5. The van der Waals surface area contributed by atoms with E-state index in [1.807, 2.05) is 11.8 Å². The Morgan fingerprint density at radius 1 is 1.30 bits per heavy atom. The molecular weight excluding hydrogens is 370 g/mol. The van der Waals surface area contributed by atoms with Gasteiger partial charge in [0.15, 0.2) is 11.5 Å². The number of nitrogens with zero attached hydrogens (tertiary/aromatic N) is 1. The molecule has 0 spiro atoms. The molecule has 1 aliphatic rings. The Morgan fingerprint density at radius 3 is 2.74 bits per heavy atom. The second kappa shape index (κ2) is 11.7. The zero-order chi connectivity index (χ0) is 18.9. The quantitative estimate of drug-likeness (QED) is 0.697.